The van der Waals surface area contributed by atoms with Crippen molar-refractivity contribution in [2.75, 3.05) is 32.2 Å². The third-order valence-corrected chi connectivity index (χ3v) is 9.81. The molecular formula is C25H30IN3O6S. The molecule has 0 spiro atoms. The fraction of sp³-hybridized carbons (Fsp3) is 0.440. The van der Waals surface area contributed by atoms with Crippen molar-refractivity contribution in [2.45, 2.75) is 41.3 Å². The van der Waals surface area contributed by atoms with Crippen molar-refractivity contribution < 1.29 is 27.2 Å². The van der Waals surface area contributed by atoms with E-state index in [4.69, 9.17) is 13.7 Å². The lowest BCUT2D eigenvalue weighted by atomic mass is 9.81. The summed E-state index contributed by atoms with van der Waals surface area (Å²) >= 11 is 1.96. The van der Waals surface area contributed by atoms with Crippen LogP contribution < -0.4 is 14.4 Å². The van der Waals surface area contributed by atoms with E-state index in [1.165, 1.54) is 18.5 Å². The molecule has 2 atom stereocenters. The summed E-state index contributed by atoms with van der Waals surface area (Å²) < 4.78 is 41.1. The second-order valence-electron chi connectivity index (χ2n) is 9.02. The van der Waals surface area contributed by atoms with Gasteiger partial charge in [0.1, 0.15) is 16.3 Å². The molecule has 1 aliphatic rings. The first-order valence-corrected chi connectivity index (χ1v) is 14.2. The van der Waals surface area contributed by atoms with Crippen LogP contribution in [0.2, 0.25) is 0 Å². The number of rotatable bonds is 8. The molecule has 0 aliphatic carbocycles. The number of methoxy groups -OCH3 is 2. The minimum absolute atomic E-state index is 0.103. The Bertz CT molecular complexity index is 1330. The fourth-order valence-corrected chi connectivity index (χ4v) is 6.87. The number of hydrogen-bond acceptors (Lipinski definition) is 9. The van der Waals surface area contributed by atoms with Gasteiger partial charge in [0.2, 0.25) is 0 Å². The lowest BCUT2D eigenvalue weighted by molar-refractivity contribution is -0.0496. The SMILES string of the molecule is COc1cc2ncnc(N3CCC(O)(C(C)C(I)OS(=O)(=O)c4ccc(C)cc4)CC3)c2cc1OC. The Balaban J connectivity index is 1.48. The van der Waals surface area contributed by atoms with E-state index in [2.05, 4.69) is 14.9 Å². The topological polar surface area (TPSA) is 111 Å². The summed E-state index contributed by atoms with van der Waals surface area (Å²) in [4.78, 5) is 11.1. The normalized spacial score (nSPS) is 17.6. The van der Waals surface area contributed by atoms with E-state index >= 15 is 0 Å². The molecule has 11 heteroatoms. The van der Waals surface area contributed by atoms with Crippen LogP contribution in [-0.2, 0) is 14.3 Å². The largest absolute Gasteiger partial charge is 0.493 e. The van der Waals surface area contributed by atoms with Crippen LogP contribution in [0.3, 0.4) is 0 Å². The molecule has 1 aromatic heterocycles. The Morgan fingerprint density at radius 3 is 2.28 bits per heavy atom. The molecule has 0 saturated carbocycles. The van der Waals surface area contributed by atoms with Crippen LogP contribution in [0.1, 0.15) is 25.3 Å². The number of aromatic nitrogens is 2. The minimum atomic E-state index is -3.95. The molecule has 36 heavy (non-hydrogen) atoms. The maximum atomic E-state index is 12.8. The van der Waals surface area contributed by atoms with E-state index in [-0.39, 0.29) is 4.90 Å². The number of fused-ring (bicyclic) bond motifs is 1. The van der Waals surface area contributed by atoms with Crippen molar-refractivity contribution in [1.82, 2.24) is 9.97 Å². The number of nitrogens with zero attached hydrogens (tertiary/aromatic N) is 3. The molecule has 0 radical (unpaired) electrons. The second-order valence-corrected chi connectivity index (χ2v) is 11.8. The first-order valence-electron chi connectivity index (χ1n) is 11.6. The Labute approximate surface area is 225 Å². The van der Waals surface area contributed by atoms with Gasteiger partial charge < -0.3 is 19.5 Å². The number of ether oxygens (including phenoxy) is 2. The van der Waals surface area contributed by atoms with Gasteiger partial charge in [-0.05, 0) is 60.6 Å². The Morgan fingerprint density at radius 2 is 1.67 bits per heavy atom. The van der Waals surface area contributed by atoms with Gasteiger partial charge >= 0.3 is 0 Å². The fourth-order valence-electron chi connectivity index (χ4n) is 4.39. The van der Waals surface area contributed by atoms with Gasteiger partial charge in [0.05, 0.1) is 30.2 Å². The molecule has 194 valence electrons. The number of aliphatic hydroxyl groups is 1. The third kappa shape index (κ3) is 5.38. The Hall–Kier alpha value is -2.22. The van der Waals surface area contributed by atoms with Gasteiger partial charge in [-0.1, -0.05) is 24.6 Å². The highest BCUT2D eigenvalue weighted by Gasteiger charge is 2.42. The Kier molecular flexibility index (Phi) is 7.93. The average Bonchev–Trinajstić information content (AvgIpc) is 2.87. The number of aryl methyl sites for hydroxylation is 1. The van der Waals surface area contributed by atoms with Gasteiger partial charge in [0.25, 0.3) is 10.1 Å². The van der Waals surface area contributed by atoms with Crippen LogP contribution in [0.5, 0.6) is 11.5 Å². The van der Waals surface area contributed by atoms with E-state index in [1.807, 2.05) is 48.6 Å². The number of piperidine rings is 1. The number of benzene rings is 2. The monoisotopic (exact) mass is 627 g/mol. The van der Waals surface area contributed by atoms with E-state index < -0.39 is 25.7 Å². The maximum Gasteiger partial charge on any atom is 0.297 e. The molecule has 0 bridgehead atoms. The molecular weight excluding hydrogens is 597 g/mol. The van der Waals surface area contributed by atoms with Gasteiger partial charge in [-0.25, -0.2) is 9.97 Å². The lowest BCUT2D eigenvalue weighted by Gasteiger charge is -2.43. The zero-order valence-electron chi connectivity index (χ0n) is 20.6. The lowest BCUT2D eigenvalue weighted by Crippen LogP contribution is -2.51. The summed E-state index contributed by atoms with van der Waals surface area (Å²) in [5.41, 5.74) is 0.604. The number of alkyl halides is 1. The predicted molar refractivity (Wildman–Crippen MR) is 145 cm³/mol. The molecule has 1 N–H and O–H groups in total. The van der Waals surface area contributed by atoms with Gasteiger partial charge in [-0.3, -0.25) is 4.18 Å². The summed E-state index contributed by atoms with van der Waals surface area (Å²) in [5.74, 6) is 1.50. The van der Waals surface area contributed by atoms with Gasteiger partial charge in [-0.2, -0.15) is 8.42 Å². The first-order chi connectivity index (χ1) is 17.1. The number of halogens is 1. The van der Waals surface area contributed by atoms with Crippen LogP contribution >= 0.6 is 22.6 Å². The highest BCUT2D eigenvalue weighted by atomic mass is 127. The van der Waals surface area contributed by atoms with Crippen LogP contribution in [0, 0.1) is 12.8 Å². The van der Waals surface area contributed by atoms with Crippen LogP contribution in [-0.4, -0.2) is 60.5 Å². The Morgan fingerprint density at radius 1 is 1.06 bits per heavy atom. The van der Waals surface area contributed by atoms with E-state index in [1.54, 1.807) is 26.4 Å². The highest BCUT2D eigenvalue weighted by molar-refractivity contribution is 14.1. The van der Waals surface area contributed by atoms with Crippen molar-refractivity contribution in [3.8, 4) is 11.5 Å². The van der Waals surface area contributed by atoms with E-state index in [0.29, 0.717) is 37.4 Å². The zero-order chi connectivity index (χ0) is 26.1. The van der Waals surface area contributed by atoms with Crippen LogP contribution in [0.25, 0.3) is 10.9 Å². The molecule has 1 saturated heterocycles. The second kappa shape index (κ2) is 10.6. The number of anilines is 1. The molecule has 4 rings (SSSR count). The molecule has 1 fully saturated rings. The molecule has 2 unspecified atom stereocenters. The summed E-state index contributed by atoms with van der Waals surface area (Å²) in [7, 11) is -0.787. The van der Waals surface area contributed by atoms with Crippen molar-refractivity contribution in [3.05, 3.63) is 48.3 Å². The summed E-state index contributed by atoms with van der Waals surface area (Å²) in [5, 5.41) is 12.3. The zero-order valence-corrected chi connectivity index (χ0v) is 23.6. The summed E-state index contributed by atoms with van der Waals surface area (Å²) in [6.07, 6.45) is 2.37. The molecule has 2 aromatic carbocycles. The number of hydrogen-bond donors (Lipinski definition) is 1. The minimum Gasteiger partial charge on any atom is -0.493 e. The van der Waals surface area contributed by atoms with Crippen molar-refractivity contribution in [2.24, 2.45) is 5.92 Å². The average molecular weight is 628 g/mol. The van der Waals surface area contributed by atoms with E-state index in [9.17, 15) is 13.5 Å². The summed E-state index contributed by atoms with van der Waals surface area (Å²) in [6.45, 7) is 4.79. The van der Waals surface area contributed by atoms with Crippen molar-refractivity contribution in [3.63, 3.8) is 0 Å². The quantitative estimate of drug-likeness (QED) is 0.224. The van der Waals surface area contributed by atoms with Gasteiger partial charge in [0.15, 0.2) is 11.5 Å². The predicted octanol–water partition coefficient (Wildman–Crippen LogP) is 4.09. The highest BCUT2D eigenvalue weighted by Crippen LogP contribution is 2.39. The van der Waals surface area contributed by atoms with Gasteiger partial charge in [0, 0.05) is 30.5 Å². The molecule has 0 amide bonds. The molecule has 3 aromatic rings. The van der Waals surface area contributed by atoms with Crippen molar-refractivity contribution in [1.29, 1.82) is 0 Å². The van der Waals surface area contributed by atoms with Crippen LogP contribution in [0.15, 0.2) is 47.6 Å². The molecule has 1 aliphatic heterocycles. The maximum absolute atomic E-state index is 12.8. The standard InChI is InChI=1S/C25H30IN3O6S/c1-16-5-7-18(8-6-16)36(31,32)35-23(26)17(2)25(30)9-11-29(12-10-25)24-19-13-21(33-3)22(34-4)14-20(19)27-15-28-24/h5-8,13-15,17,23,30H,9-12H2,1-4H3. The third-order valence-electron chi connectivity index (χ3n) is 6.82. The van der Waals surface area contributed by atoms with Gasteiger partial charge in [-0.15, -0.1) is 0 Å². The van der Waals surface area contributed by atoms with Crippen LogP contribution in [0.4, 0.5) is 5.82 Å². The van der Waals surface area contributed by atoms with Crippen molar-refractivity contribution >= 4 is 49.4 Å². The van der Waals surface area contributed by atoms with E-state index in [0.717, 1.165) is 22.3 Å². The smallest absolute Gasteiger partial charge is 0.297 e. The first kappa shape index (κ1) is 26.8. The summed E-state index contributed by atoms with van der Waals surface area (Å²) in [6, 6.07) is 10.2. The molecule has 9 nitrogen and oxygen atoms in total. The molecule has 2 heterocycles.